The lowest BCUT2D eigenvalue weighted by Crippen LogP contribution is -2.24. The van der Waals surface area contributed by atoms with Crippen molar-refractivity contribution in [1.29, 1.82) is 0 Å². The average molecular weight is 326 g/mol. The zero-order chi connectivity index (χ0) is 16.6. The number of nitrogens with zero attached hydrogens (tertiary/aromatic N) is 1. The number of rotatable bonds is 8. The van der Waals surface area contributed by atoms with Crippen LogP contribution >= 0.6 is 0 Å². The van der Waals surface area contributed by atoms with Gasteiger partial charge in [0, 0.05) is 18.7 Å². The highest BCUT2D eigenvalue weighted by Gasteiger charge is 2.14. The van der Waals surface area contributed by atoms with Gasteiger partial charge in [0.25, 0.3) is 0 Å². The average Bonchev–Trinajstić information content (AvgIpc) is 2.62. The second-order valence-corrected chi connectivity index (χ2v) is 6.20. The second-order valence-electron chi connectivity index (χ2n) is 6.20. The highest BCUT2D eigenvalue weighted by molar-refractivity contribution is 5.47. The Hall–Kier alpha value is -2.04. The Bertz CT molecular complexity index is 631. The number of para-hydroxylation sites is 1. The van der Waals surface area contributed by atoms with Crippen molar-refractivity contribution >= 4 is 0 Å². The predicted molar refractivity (Wildman–Crippen MR) is 96.5 cm³/mol. The lowest BCUT2D eigenvalue weighted by atomic mass is 10.1. The Kier molecular flexibility index (Phi) is 6.10. The maximum absolute atomic E-state index is 5.74. The second kappa shape index (κ2) is 8.71. The quantitative estimate of drug-likeness (QED) is 0.756. The first-order chi connectivity index (χ1) is 11.8. The van der Waals surface area contributed by atoms with Gasteiger partial charge < -0.3 is 19.7 Å². The zero-order valence-electron chi connectivity index (χ0n) is 14.3. The van der Waals surface area contributed by atoms with Gasteiger partial charge >= 0.3 is 0 Å². The van der Waals surface area contributed by atoms with Gasteiger partial charge in [0.2, 0.25) is 0 Å². The van der Waals surface area contributed by atoms with Gasteiger partial charge in [-0.2, -0.15) is 0 Å². The fourth-order valence-corrected chi connectivity index (χ4v) is 2.94. The highest BCUT2D eigenvalue weighted by atomic mass is 16.6. The number of ether oxygens (including phenoxy) is 2. The van der Waals surface area contributed by atoms with Gasteiger partial charge in [-0.1, -0.05) is 42.5 Å². The summed E-state index contributed by atoms with van der Waals surface area (Å²) in [6, 6.07) is 16.7. The van der Waals surface area contributed by atoms with Gasteiger partial charge in [-0.25, -0.2) is 0 Å². The number of hydrogen-bond acceptors (Lipinski definition) is 4. The molecule has 0 aliphatic carbocycles. The van der Waals surface area contributed by atoms with E-state index in [0.29, 0.717) is 13.2 Å². The number of nitrogens with one attached hydrogen (secondary N) is 1. The monoisotopic (exact) mass is 326 g/mol. The minimum atomic E-state index is 0.633. The van der Waals surface area contributed by atoms with Crippen molar-refractivity contribution in [3.63, 3.8) is 0 Å². The molecule has 128 valence electrons. The van der Waals surface area contributed by atoms with Gasteiger partial charge in [-0.15, -0.1) is 0 Å². The van der Waals surface area contributed by atoms with Crippen LogP contribution in [-0.4, -0.2) is 38.3 Å². The van der Waals surface area contributed by atoms with Crippen LogP contribution in [0.3, 0.4) is 0 Å². The Morgan fingerprint density at radius 2 is 1.83 bits per heavy atom. The van der Waals surface area contributed by atoms with Gasteiger partial charge in [-0.05, 0) is 38.2 Å². The van der Waals surface area contributed by atoms with Crippen molar-refractivity contribution < 1.29 is 9.47 Å². The van der Waals surface area contributed by atoms with E-state index in [-0.39, 0.29) is 0 Å². The van der Waals surface area contributed by atoms with Crippen molar-refractivity contribution in [2.45, 2.75) is 19.5 Å². The summed E-state index contributed by atoms with van der Waals surface area (Å²) >= 11 is 0. The molecule has 2 aromatic carbocycles. The van der Waals surface area contributed by atoms with Crippen LogP contribution in [0.25, 0.3) is 0 Å². The van der Waals surface area contributed by atoms with E-state index in [9.17, 15) is 0 Å². The first-order valence-electron chi connectivity index (χ1n) is 8.63. The molecular formula is C20H26N2O2. The molecule has 4 heteroatoms. The molecule has 0 amide bonds. The largest absolute Gasteiger partial charge is 0.486 e. The molecule has 0 saturated heterocycles. The standard InChI is InChI=1S/C20H26N2O2/c1-22(16-17-7-3-2-4-8-17)12-6-11-21-15-18-9-5-10-19-20(18)24-14-13-23-19/h2-5,7-10,21H,6,11-16H2,1H3. The predicted octanol–water partition coefficient (Wildman–Crippen LogP) is 3.07. The topological polar surface area (TPSA) is 33.7 Å². The van der Waals surface area contributed by atoms with E-state index in [1.165, 1.54) is 11.1 Å². The van der Waals surface area contributed by atoms with E-state index >= 15 is 0 Å². The molecule has 0 bridgehead atoms. The van der Waals surface area contributed by atoms with E-state index in [1.54, 1.807) is 0 Å². The molecule has 4 nitrogen and oxygen atoms in total. The Labute approximate surface area is 144 Å². The van der Waals surface area contributed by atoms with Gasteiger partial charge in [0.05, 0.1) is 0 Å². The first-order valence-corrected chi connectivity index (χ1v) is 8.63. The Morgan fingerprint density at radius 1 is 1.00 bits per heavy atom. The summed E-state index contributed by atoms with van der Waals surface area (Å²) in [6.45, 7) is 5.15. The van der Waals surface area contributed by atoms with Crippen LogP contribution in [0.4, 0.5) is 0 Å². The number of fused-ring (bicyclic) bond motifs is 1. The van der Waals surface area contributed by atoms with Crippen LogP contribution in [0.2, 0.25) is 0 Å². The lowest BCUT2D eigenvalue weighted by Gasteiger charge is -2.21. The minimum Gasteiger partial charge on any atom is -0.486 e. The third-order valence-corrected chi connectivity index (χ3v) is 4.15. The van der Waals surface area contributed by atoms with Gasteiger partial charge in [-0.3, -0.25) is 0 Å². The molecule has 1 aliphatic rings. The third-order valence-electron chi connectivity index (χ3n) is 4.15. The van der Waals surface area contributed by atoms with Crippen LogP contribution in [0.5, 0.6) is 11.5 Å². The smallest absolute Gasteiger partial charge is 0.165 e. The van der Waals surface area contributed by atoms with Crippen LogP contribution in [0.15, 0.2) is 48.5 Å². The molecule has 0 spiro atoms. The van der Waals surface area contributed by atoms with Gasteiger partial charge in [0.15, 0.2) is 11.5 Å². The molecule has 1 aliphatic heterocycles. The molecule has 3 rings (SSSR count). The molecule has 0 atom stereocenters. The molecule has 0 radical (unpaired) electrons. The molecule has 0 saturated carbocycles. The molecule has 0 unspecified atom stereocenters. The summed E-state index contributed by atoms with van der Waals surface area (Å²) in [6.07, 6.45) is 1.12. The van der Waals surface area contributed by atoms with E-state index < -0.39 is 0 Å². The van der Waals surface area contributed by atoms with E-state index in [4.69, 9.17) is 9.47 Å². The van der Waals surface area contributed by atoms with E-state index in [2.05, 4.69) is 53.7 Å². The van der Waals surface area contributed by atoms with Crippen LogP contribution in [-0.2, 0) is 13.1 Å². The summed E-state index contributed by atoms with van der Waals surface area (Å²) in [7, 11) is 2.17. The van der Waals surface area contributed by atoms with Crippen molar-refractivity contribution in [3.8, 4) is 11.5 Å². The molecular weight excluding hydrogens is 300 g/mol. The molecule has 1 heterocycles. The molecule has 1 N–H and O–H groups in total. The first kappa shape index (κ1) is 16.8. The van der Waals surface area contributed by atoms with Gasteiger partial charge in [0.1, 0.15) is 13.2 Å². The molecule has 0 fully saturated rings. The summed E-state index contributed by atoms with van der Waals surface area (Å²) in [4.78, 5) is 2.36. The van der Waals surface area contributed by atoms with Crippen molar-refractivity contribution in [2.24, 2.45) is 0 Å². The van der Waals surface area contributed by atoms with Crippen LogP contribution in [0, 0.1) is 0 Å². The highest BCUT2D eigenvalue weighted by Crippen LogP contribution is 2.33. The fourth-order valence-electron chi connectivity index (χ4n) is 2.94. The summed E-state index contributed by atoms with van der Waals surface area (Å²) in [5.74, 6) is 1.76. The van der Waals surface area contributed by atoms with Crippen molar-refractivity contribution in [1.82, 2.24) is 10.2 Å². The lowest BCUT2D eigenvalue weighted by molar-refractivity contribution is 0.169. The third kappa shape index (κ3) is 4.73. The van der Waals surface area contributed by atoms with E-state index in [1.807, 2.05) is 12.1 Å². The maximum atomic E-state index is 5.74. The number of hydrogen-bond donors (Lipinski definition) is 1. The molecule has 24 heavy (non-hydrogen) atoms. The SMILES string of the molecule is CN(CCCNCc1cccc2c1OCCO2)Cc1ccccc1. The van der Waals surface area contributed by atoms with Crippen molar-refractivity contribution in [3.05, 3.63) is 59.7 Å². The van der Waals surface area contributed by atoms with Crippen LogP contribution < -0.4 is 14.8 Å². The minimum absolute atomic E-state index is 0.633. The van der Waals surface area contributed by atoms with Crippen LogP contribution in [0.1, 0.15) is 17.5 Å². The Balaban J connectivity index is 1.37. The molecule has 0 aromatic heterocycles. The number of benzene rings is 2. The fraction of sp³-hybridized carbons (Fsp3) is 0.400. The Morgan fingerprint density at radius 3 is 2.71 bits per heavy atom. The summed E-state index contributed by atoms with van der Waals surface area (Å²) in [5, 5.41) is 3.51. The normalized spacial score (nSPS) is 13.2. The zero-order valence-corrected chi connectivity index (χ0v) is 14.3. The summed E-state index contributed by atoms with van der Waals surface area (Å²) in [5.41, 5.74) is 2.53. The summed E-state index contributed by atoms with van der Waals surface area (Å²) < 4.78 is 11.4. The van der Waals surface area contributed by atoms with E-state index in [0.717, 1.165) is 44.1 Å². The molecule has 2 aromatic rings. The van der Waals surface area contributed by atoms with Crippen molar-refractivity contribution in [2.75, 3.05) is 33.4 Å². The maximum Gasteiger partial charge on any atom is 0.165 e.